The number of ether oxygens (including phenoxy) is 1. The highest BCUT2D eigenvalue weighted by Crippen LogP contribution is 2.33. The number of likely N-dealkylation sites (tertiary alicyclic amines) is 1. The number of rotatable bonds is 9. The molecular formula is C33H39F3N4O2. The molecule has 3 aromatic rings. The fourth-order valence-corrected chi connectivity index (χ4v) is 6.25. The van der Waals surface area contributed by atoms with Crippen LogP contribution in [0.15, 0.2) is 78.9 Å². The number of methoxy groups -OCH3 is 1. The molecule has 1 N–H and O–H groups in total. The third-order valence-electron chi connectivity index (χ3n) is 8.46. The first-order valence-electron chi connectivity index (χ1n) is 14.6. The summed E-state index contributed by atoms with van der Waals surface area (Å²) in [6.45, 7) is 5.69. The first kappa shape index (κ1) is 29.9. The number of hydrogen-bond donors (Lipinski definition) is 1. The molecule has 3 aromatic carbocycles. The van der Waals surface area contributed by atoms with Crippen LogP contribution in [-0.2, 0) is 17.5 Å². The monoisotopic (exact) mass is 580 g/mol. The number of benzene rings is 3. The second-order valence-electron chi connectivity index (χ2n) is 11.2. The molecule has 0 spiro atoms. The van der Waals surface area contributed by atoms with E-state index in [-0.39, 0.29) is 5.91 Å². The van der Waals surface area contributed by atoms with E-state index < -0.39 is 11.7 Å². The largest absolute Gasteiger partial charge is 0.497 e. The number of piperazine rings is 1. The number of nitrogens with zero attached hydrogens (tertiary/aromatic N) is 3. The maximum Gasteiger partial charge on any atom is 0.416 e. The van der Waals surface area contributed by atoms with Crippen molar-refractivity contribution in [1.29, 1.82) is 0 Å². The molecule has 9 heteroatoms. The second kappa shape index (κ2) is 13.6. The third kappa shape index (κ3) is 7.83. The fourth-order valence-electron chi connectivity index (χ4n) is 6.25. The highest BCUT2D eigenvalue weighted by Gasteiger charge is 2.35. The van der Waals surface area contributed by atoms with E-state index in [0.717, 1.165) is 63.1 Å². The van der Waals surface area contributed by atoms with Gasteiger partial charge >= 0.3 is 6.18 Å². The normalized spacial score (nSPS) is 20.3. The van der Waals surface area contributed by atoms with Crippen molar-refractivity contribution < 1.29 is 22.7 Å². The van der Waals surface area contributed by atoms with Gasteiger partial charge in [0.2, 0.25) is 5.91 Å². The Bertz CT molecular complexity index is 1290. The molecule has 0 radical (unpaired) electrons. The van der Waals surface area contributed by atoms with Gasteiger partial charge < -0.3 is 15.0 Å². The van der Waals surface area contributed by atoms with Crippen LogP contribution >= 0.6 is 0 Å². The van der Waals surface area contributed by atoms with Crippen LogP contribution in [0.5, 0.6) is 5.75 Å². The second-order valence-corrected chi connectivity index (χ2v) is 11.2. The number of anilines is 2. The predicted molar refractivity (Wildman–Crippen MR) is 160 cm³/mol. The van der Waals surface area contributed by atoms with Crippen LogP contribution in [0, 0.1) is 5.92 Å². The first-order valence-corrected chi connectivity index (χ1v) is 14.6. The van der Waals surface area contributed by atoms with Crippen molar-refractivity contribution in [2.45, 2.75) is 38.0 Å². The van der Waals surface area contributed by atoms with Gasteiger partial charge in [0, 0.05) is 63.1 Å². The Morgan fingerprint density at radius 3 is 2.36 bits per heavy atom. The summed E-state index contributed by atoms with van der Waals surface area (Å²) in [6, 6.07) is 23.7. The van der Waals surface area contributed by atoms with Gasteiger partial charge in [-0.05, 0) is 73.3 Å². The Morgan fingerprint density at radius 1 is 0.929 bits per heavy atom. The van der Waals surface area contributed by atoms with E-state index in [1.807, 2.05) is 35.2 Å². The summed E-state index contributed by atoms with van der Waals surface area (Å²) in [7, 11) is 1.61. The summed E-state index contributed by atoms with van der Waals surface area (Å²) < 4.78 is 45.0. The summed E-state index contributed by atoms with van der Waals surface area (Å²) in [5.41, 5.74) is 2.04. The maximum absolute atomic E-state index is 13.3. The molecule has 2 aliphatic heterocycles. The average molecular weight is 581 g/mol. The van der Waals surface area contributed by atoms with Crippen molar-refractivity contribution in [3.63, 3.8) is 0 Å². The van der Waals surface area contributed by atoms with E-state index in [2.05, 4.69) is 39.4 Å². The number of carbonyl (C=O) groups excluding carboxylic acids is 1. The molecule has 0 bridgehead atoms. The third-order valence-corrected chi connectivity index (χ3v) is 8.46. The molecule has 2 heterocycles. The minimum Gasteiger partial charge on any atom is -0.497 e. The highest BCUT2D eigenvalue weighted by molar-refractivity contribution is 5.90. The van der Waals surface area contributed by atoms with Crippen molar-refractivity contribution >= 4 is 17.3 Å². The van der Waals surface area contributed by atoms with Crippen molar-refractivity contribution in [3.05, 3.63) is 90.0 Å². The van der Waals surface area contributed by atoms with Gasteiger partial charge in [-0.1, -0.05) is 36.4 Å². The zero-order valence-electron chi connectivity index (χ0n) is 24.0. The summed E-state index contributed by atoms with van der Waals surface area (Å²) in [5.74, 6) is 1.04. The molecule has 2 fully saturated rings. The van der Waals surface area contributed by atoms with Gasteiger partial charge in [0.05, 0.1) is 12.7 Å². The van der Waals surface area contributed by atoms with Crippen molar-refractivity contribution in [2.24, 2.45) is 5.92 Å². The van der Waals surface area contributed by atoms with Crippen molar-refractivity contribution in [2.75, 3.05) is 56.6 Å². The number of alkyl halides is 3. The van der Waals surface area contributed by atoms with Crippen LogP contribution in [-0.4, -0.2) is 68.1 Å². The molecule has 6 nitrogen and oxygen atoms in total. The Morgan fingerprint density at radius 2 is 1.67 bits per heavy atom. The molecule has 0 saturated carbocycles. The van der Waals surface area contributed by atoms with Gasteiger partial charge in [0.1, 0.15) is 5.75 Å². The first-order chi connectivity index (χ1) is 20.3. The van der Waals surface area contributed by atoms with Gasteiger partial charge in [-0.2, -0.15) is 13.2 Å². The van der Waals surface area contributed by atoms with Crippen LogP contribution in [0.3, 0.4) is 0 Å². The molecule has 5 rings (SSSR count). The molecule has 0 aliphatic carbocycles. The Balaban J connectivity index is 1.22. The molecule has 0 aromatic heterocycles. The number of nitrogens with one attached hydrogen (secondary N) is 1. The van der Waals surface area contributed by atoms with Gasteiger partial charge in [0.15, 0.2) is 0 Å². The smallest absolute Gasteiger partial charge is 0.416 e. The molecule has 2 atom stereocenters. The standard InChI is InChI=1S/C33H39F3N4O2/c1-42-30-13-11-28(12-14-30)37-32(41)15-10-26-24-38(23-25-6-3-2-4-7-25)17-16-31(26)40-20-18-39(19-21-40)29-9-5-8-27(22-29)33(34,35)36/h2-9,11-14,22,26,31H,10,15-21,23-24H2,1H3,(H,37,41)/t26-,31+/m1/s1. The highest BCUT2D eigenvalue weighted by atomic mass is 19.4. The lowest BCUT2D eigenvalue weighted by Gasteiger charge is -2.47. The van der Waals surface area contributed by atoms with Gasteiger partial charge in [0.25, 0.3) is 0 Å². The Kier molecular flexibility index (Phi) is 9.69. The molecule has 0 unspecified atom stereocenters. The topological polar surface area (TPSA) is 48.1 Å². The van der Waals surface area contributed by atoms with Gasteiger partial charge in [-0.25, -0.2) is 0 Å². The van der Waals surface area contributed by atoms with Crippen LogP contribution in [0.2, 0.25) is 0 Å². The lowest BCUT2D eigenvalue weighted by molar-refractivity contribution is -0.137. The van der Waals surface area contributed by atoms with E-state index in [4.69, 9.17) is 4.74 Å². The zero-order valence-corrected chi connectivity index (χ0v) is 24.0. The van der Waals surface area contributed by atoms with Crippen LogP contribution in [0.4, 0.5) is 24.5 Å². The summed E-state index contributed by atoms with van der Waals surface area (Å²) >= 11 is 0. The van der Waals surface area contributed by atoms with Crippen molar-refractivity contribution in [1.82, 2.24) is 9.80 Å². The van der Waals surface area contributed by atoms with Gasteiger partial charge in [-0.15, -0.1) is 0 Å². The average Bonchev–Trinajstić information content (AvgIpc) is 3.01. The quantitative estimate of drug-likeness (QED) is 0.329. The van der Waals surface area contributed by atoms with E-state index in [9.17, 15) is 18.0 Å². The molecule has 1 amide bonds. The zero-order chi connectivity index (χ0) is 29.5. The van der Waals surface area contributed by atoms with E-state index in [1.165, 1.54) is 17.7 Å². The lowest BCUT2D eigenvalue weighted by Crippen LogP contribution is -2.56. The lowest BCUT2D eigenvalue weighted by atomic mass is 9.86. The number of carbonyl (C=O) groups is 1. The van der Waals surface area contributed by atoms with Crippen LogP contribution in [0.1, 0.15) is 30.4 Å². The summed E-state index contributed by atoms with van der Waals surface area (Å²) in [5, 5.41) is 3.01. The van der Waals surface area contributed by atoms with E-state index >= 15 is 0 Å². The number of halogens is 3. The van der Waals surface area contributed by atoms with Crippen LogP contribution < -0.4 is 15.0 Å². The minimum absolute atomic E-state index is 0.00605. The SMILES string of the molecule is COc1ccc(NC(=O)CC[C@@H]2CN(Cc3ccccc3)CC[C@@H]2N2CCN(c3cccc(C(F)(F)F)c3)CC2)cc1. The molecular weight excluding hydrogens is 541 g/mol. The summed E-state index contributed by atoms with van der Waals surface area (Å²) in [6.07, 6.45) is -2.15. The van der Waals surface area contributed by atoms with E-state index in [0.29, 0.717) is 37.2 Å². The summed E-state index contributed by atoms with van der Waals surface area (Å²) in [4.78, 5) is 19.9. The Hall–Kier alpha value is -3.56. The minimum atomic E-state index is -4.35. The molecule has 2 saturated heterocycles. The Labute approximate surface area is 246 Å². The molecule has 224 valence electrons. The number of piperidine rings is 1. The molecule has 2 aliphatic rings. The number of amides is 1. The van der Waals surface area contributed by atoms with E-state index in [1.54, 1.807) is 13.2 Å². The molecule has 42 heavy (non-hydrogen) atoms. The predicted octanol–water partition coefficient (Wildman–Crippen LogP) is 6.15. The van der Waals surface area contributed by atoms with Crippen molar-refractivity contribution in [3.8, 4) is 5.75 Å². The van der Waals surface area contributed by atoms with Crippen LogP contribution in [0.25, 0.3) is 0 Å². The fraction of sp³-hybridized carbons (Fsp3) is 0.424. The maximum atomic E-state index is 13.3. The van der Waals surface area contributed by atoms with Gasteiger partial charge in [-0.3, -0.25) is 14.6 Å². The number of hydrogen-bond acceptors (Lipinski definition) is 5.